The van der Waals surface area contributed by atoms with Gasteiger partial charge in [-0.25, -0.2) is 0 Å². The van der Waals surface area contributed by atoms with Crippen molar-refractivity contribution in [1.82, 2.24) is 4.90 Å². The third-order valence-corrected chi connectivity index (χ3v) is 1.60. The number of hydrogen-bond acceptors (Lipinski definition) is 3. The van der Waals surface area contributed by atoms with Gasteiger partial charge in [0.1, 0.15) is 13.2 Å². The van der Waals surface area contributed by atoms with Gasteiger partial charge < -0.3 is 9.64 Å². The van der Waals surface area contributed by atoms with Crippen LogP contribution in [0.5, 0.6) is 0 Å². The number of cyclic esters (lactones) is 1. The third kappa shape index (κ3) is 1.93. The van der Waals surface area contributed by atoms with Crippen LogP contribution in [0.3, 0.4) is 0 Å². The summed E-state index contributed by atoms with van der Waals surface area (Å²) >= 11 is 0. The van der Waals surface area contributed by atoms with E-state index in [0.717, 1.165) is 0 Å². The van der Waals surface area contributed by atoms with Gasteiger partial charge in [-0.05, 0) is 0 Å². The molecule has 0 aliphatic carbocycles. The number of carbonyl (C=O) groups excluding carboxylic acids is 2. The van der Waals surface area contributed by atoms with Gasteiger partial charge in [-0.1, -0.05) is 6.92 Å². The maximum Gasteiger partial charge on any atom is 0.325 e. The number of amides is 1. The van der Waals surface area contributed by atoms with Crippen molar-refractivity contribution in [2.24, 2.45) is 0 Å². The molecule has 1 aliphatic heterocycles. The van der Waals surface area contributed by atoms with E-state index in [-0.39, 0.29) is 18.4 Å². The lowest BCUT2D eigenvalue weighted by Gasteiger charge is -2.25. The van der Waals surface area contributed by atoms with Crippen LogP contribution in [0, 0.1) is 0 Å². The zero-order valence-electron chi connectivity index (χ0n) is 6.50. The Morgan fingerprint density at radius 1 is 1.73 bits per heavy atom. The number of esters is 1. The van der Waals surface area contributed by atoms with Gasteiger partial charge in [0, 0.05) is 6.42 Å². The van der Waals surface area contributed by atoms with Gasteiger partial charge in [-0.3, -0.25) is 9.59 Å². The lowest BCUT2D eigenvalue weighted by Crippen LogP contribution is -2.43. The van der Waals surface area contributed by atoms with Crippen LogP contribution >= 0.6 is 0 Å². The van der Waals surface area contributed by atoms with Crippen molar-refractivity contribution in [3.63, 3.8) is 0 Å². The van der Waals surface area contributed by atoms with Gasteiger partial charge in [0.25, 0.3) is 0 Å². The molecule has 0 unspecified atom stereocenters. The fourth-order valence-corrected chi connectivity index (χ4v) is 0.987. The molecule has 1 rings (SSSR count). The molecule has 1 aliphatic rings. The Morgan fingerprint density at radius 3 is 3.00 bits per heavy atom. The van der Waals surface area contributed by atoms with E-state index in [4.69, 9.17) is 0 Å². The molecule has 0 aromatic carbocycles. The second-order valence-electron chi connectivity index (χ2n) is 2.39. The lowest BCUT2D eigenvalue weighted by molar-refractivity contribution is -0.156. The van der Waals surface area contributed by atoms with E-state index >= 15 is 0 Å². The molecular weight excluding hydrogens is 146 g/mol. The minimum Gasteiger partial charge on any atom is -0.462 e. The zero-order valence-corrected chi connectivity index (χ0v) is 6.50. The first-order valence-electron chi connectivity index (χ1n) is 3.67. The molecule has 1 amide bonds. The predicted molar refractivity (Wildman–Crippen MR) is 37.8 cm³/mol. The van der Waals surface area contributed by atoms with Crippen molar-refractivity contribution < 1.29 is 14.3 Å². The Hall–Kier alpha value is -1.06. The smallest absolute Gasteiger partial charge is 0.325 e. The average Bonchev–Trinajstić information content (AvgIpc) is 2.03. The largest absolute Gasteiger partial charge is 0.462 e. The van der Waals surface area contributed by atoms with Gasteiger partial charge in [-0.2, -0.15) is 0 Å². The number of carbonyl (C=O) groups is 2. The normalized spacial score (nSPS) is 17.9. The summed E-state index contributed by atoms with van der Waals surface area (Å²) in [6.07, 6.45) is 0.452. The van der Waals surface area contributed by atoms with E-state index in [1.54, 1.807) is 6.92 Å². The Morgan fingerprint density at radius 2 is 2.45 bits per heavy atom. The SMILES string of the molecule is CCC(=O)N1CCOC(=O)C1. The molecule has 0 saturated carbocycles. The maximum atomic E-state index is 11.0. The van der Waals surface area contributed by atoms with Crippen LogP contribution in [0.4, 0.5) is 0 Å². The van der Waals surface area contributed by atoms with Crippen molar-refractivity contribution in [1.29, 1.82) is 0 Å². The van der Waals surface area contributed by atoms with Crippen molar-refractivity contribution >= 4 is 11.9 Å². The van der Waals surface area contributed by atoms with Crippen LogP contribution in [0.1, 0.15) is 13.3 Å². The topological polar surface area (TPSA) is 46.6 Å². The number of hydrogen-bond donors (Lipinski definition) is 0. The highest BCUT2D eigenvalue weighted by Gasteiger charge is 2.20. The number of nitrogens with zero attached hydrogens (tertiary/aromatic N) is 1. The van der Waals surface area contributed by atoms with Crippen LogP contribution in [-0.4, -0.2) is 36.5 Å². The summed E-state index contributed by atoms with van der Waals surface area (Å²) in [5.74, 6) is -0.292. The molecule has 62 valence electrons. The summed E-state index contributed by atoms with van der Waals surface area (Å²) in [4.78, 5) is 23.2. The van der Waals surface area contributed by atoms with Crippen LogP contribution < -0.4 is 0 Å². The fraction of sp³-hybridized carbons (Fsp3) is 0.714. The van der Waals surface area contributed by atoms with E-state index in [2.05, 4.69) is 4.74 Å². The summed E-state index contributed by atoms with van der Waals surface area (Å²) in [5, 5.41) is 0. The van der Waals surface area contributed by atoms with E-state index in [1.165, 1.54) is 4.90 Å². The van der Waals surface area contributed by atoms with Crippen molar-refractivity contribution in [3.8, 4) is 0 Å². The molecule has 0 spiro atoms. The van der Waals surface area contributed by atoms with Gasteiger partial charge in [0.2, 0.25) is 5.91 Å². The van der Waals surface area contributed by atoms with Gasteiger partial charge in [-0.15, -0.1) is 0 Å². The third-order valence-electron chi connectivity index (χ3n) is 1.60. The monoisotopic (exact) mass is 157 g/mol. The highest BCUT2D eigenvalue weighted by Crippen LogP contribution is 2.00. The minimum absolute atomic E-state index is 0.0154. The first kappa shape index (κ1) is 8.04. The molecule has 4 heteroatoms. The van der Waals surface area contributed by atoms with Crippen LogP contribution in [0.15, 0.2) is 0 Å². The fourth-order valence-electron chi connectivity index (χ4n) is 0.987. The molecule has 0 bridgehead atoms. The van der Waals surface area contributed by atoms with Gasteiger partial charge in [0.05, 0.1) is 6.54 Å². The summed E-state index contributed by atoms with van der Waals surface area (Å²) in [5.41, 5.74) is 0. The molecule has 0 aromatic rings. The Kier molecular flexibility index (Phi) is 2.46. The van der Waals surface area contributed by atoms with Crippen molar-refractivity contribution in [2.45, 2.75) is 13.3 Å². The first-order valence-corrected chi connectivity index (χ1v) is 3.67. The average molecular weight is 157 g/mol. The highest BCUT2D eigenvalue weighted by molar-refractivity contribution is 5.82. The molecule has 0 atom stereocenters. The molecule has 1 saturated heterocycles. The summed E-state index contributed by atoms with van der Waals surface area (Å²) in [7, 11) is 0. The number of morpholine rings is 1. The first-order chi connectivity index (χ1) is 5.24. The minimum atomic E-state index is -0.307. The van der Waals surface area contributed by atoms with Crippen LogP contribution in [0.25, 0.3) is 0 Å². The van der Waals surface area contributed by atoms with Crippen molar-refractivity contribution in [3.05, 3.63) is 0 Å². The van der Waals surface area contributed by atoms with Crippen molar-refractivity contribution in [2.75, 3.05) is 19.7 Å². The quantitative estimate of drug-likeness (QED) is 0.494. The number of rotatable bonds is 1. The van der Waals surface area contributed by atoms with Gasteiger partial charge >= 0.3 is 5.97 Å². The molecule has 11 heavy (non-hydrogen) atoms. The molecule has 1 heterocycles. The summed E-state index contributed by atoms with van der Waals surface area (Å²) in [6.45, 7) is 2.78. The van der Waals surface area contributed by atoms with E-state index < -0.39 is 0 Å². The Labute approximate surface area is 65.1 Å². The summed E-state index contributed by atoms with van der Waals surface area (Å²) in [6, 6.07) is 0. The van der Waals surface area contributed by atoms with E-state index in [0.29, 0.717) is 19.6 Å². The predicted octanol–water partition coefficient (Wildman–Crippen LogP) is -0.218. The van der Waals surface area contributed by atoms with Gasteiger partial charge in [0.15, 0.2) is 0 Å². The molecule has 0 aromatic heterocycles. The van der Waals surface area contributed by atoms with E-state index in [9.17, 15) is 9.59 Å². The Bertz CT molecular complexity index is 179. The second-order valence-corrected chi connectivity index (χ2v) is 2.39. The standard InChI is InChI=1S/C7H11NO3/c1-2-6(9)8-3-4-11-7(10)5-8/h2-5H2,1H3. The molecule has 4 nitrogen and oxygen atoms in total. The van der Waals surface area contributed by atoms with Crippen LogP contribution in [0.2, 0.25) is 0 Å². The Balaban J connectivity index is 2.45. The summed E-state index contributed by atoms with van der Waals surface area (Å²) < 4.78 is 4.67. The second kappa shape index (κ2) is 3.37. The number of ether oxygens (including phenoxy) is 1. The lowest BCUT2D eigenvalue weighted by atomic mass is 10.3. The van der Waals surface area contributed by atoms with E-state index in [1.807, 2.05) is 0 Å². The molecule has 1 fully saturated rings. The molecular formula is C7H11NO3. The molecule has 0 N–H and O–H groups in total. The van der Waals surface area contributed by atoms with Crippen LogP contribution in [-0.2, 0) is 14.3 Å². The zero-order chi connectivity index (χ0) is 8.27. The maximum absolute atomic E-state index is 11.0. The molecule has 0 radical (unpaired) electrons. The highest BCUT2D eigenvalue weighted by atomic mass is 16.5.